The molecule has 0 saturated heterocycles. The van der Waals surface area contributed by atoms with Crippen molar-refractivity contribution in [2.24, 2.45) is 0 Å². The number of nitrogens with zero attached hydrogens (tertiary/aromatic N) is 1. The average molecular weight is 303 g/mol. The van der Waals surface area contributed by atoms with Gasteiger partial charge in [-0.05, 0) is 42.4 Å². The maximum atomic E-state index is 6.04. The van der Waals surface area contributed by atoms with Gasteiger partial charge in [0, 0.05) is 24.7 Å². The molecule has 2 rings (SSSR count). The van der Waals surface area contributed by atoms with Crippen molar-refractivity contribution in [1.82, 2.24) is 10.2 Å². The van der Waals surface area contributed by atoms with Gasteiger partial charge in [0.05, 0.1) is 0 Å². The smallest absolute Gasteiger partial charge is 0.0409 e. The first-order valence-corrected chi connectivity index (χ1v) is 7.77. The Morgan fingerprint density at radius 3 is 2.48 bits per heavy atom. The molecule has 0 radical (unpaired) electrons. The van der Waals surface area contributed by atoms with E-state index in [0.29, 0.717) is 0 Å². The van der Waals surface area contributed by atoms with Crippen LogP contribution in [0.2, 0.25) is 5.02 Å². The van der Waals surface area contributed by atoms with Gasteiger partial charge >= 0.3 is 0 Å². The van der Waals surface area contributed by atoms with Gasteiger partial charge in [-0.3, -0.25) is 4.90 Å². The number of halogens is 1. The SMILES string of the molecule is CCNCc1ccccc1CN(C)Cc1cccc(Cl)c1. The number of nitrogens with one attached hydrogen (secondary N) is 1. The van der Waals surface area contributed by atoms with E-state index in [4.69, 9.17) is 11.6 Å². The Kier molecular flexibility index (Phi) is 6.24. The molecule has 1 N–H and O–H groups in total. The maximum absolute atomic E-state index is 6.04. The summed E-state index contributed by atoms with van der Waals surface area (Å²) in [6.07, 6.45) is 0. The predicted octanol–water partition coefficient (Wildman–Crippen LogP) is 4.08. The zero-order chi connectivity index (χ0) is 15.1. The van der Waals surface area contributed by atoms with Crippen molar-refractivity contribution < 1.29 is 0 Å². The first kappa shape index (κ1) is 16.0. The van der Waals surface area contributed by atoms with Crippen molar-refractivity contribution in [3.8, 4) is 0 Å². The van der Waals surface area contributed by atoms with E-state index >= 15 is 0 Å². The summed E-state index contributed by atoms with van der Waals surface area (Å²) in [6.45, 7) is 5.89. The third-order valence-corrected chi connectivity index (χ3v) is 3.70. The van der Waals surface area contributed by atoms with Crippen molar-refractivity contribution in [2.75, 3.05) is 13.6 Å². The van der Waals surface area contributed by atoms with Gasteiger partial charge in [0.2, 0.25) is 0 Å². The normalized spacial score (nSPS) is 11.0. The number of hydrogen-bond donors (Lipinski definition) is 1. The van der Waals surface area contributed by atoms with E-state index in [-0.39, 0.29) is 0 Å². The Bertz CT molecular complexity index is 569. The van der Waals surface area contributed by atoms with Crippen LogP contribution < -0.4 is 5.32 Å². The average Bonchev–Trinajstić information content (AvgIpc) is 2.46. The van der Waals surface area contributed by atoms with Crippen LogP contribution in [0.25, 0.3) is 0 Å². The molecule has 0 aliphatic rings. The molecule has 2 nitrogen and oxygen atoms in total. The van der Waals surface area contributed by atoms with Crippen molar-refractivity contribution >= 4 is 11.6 Å². The molecule has 2 aromatic carbocycles. The summed E-state index contributed by atoms with van der Waals surface area (Å²) in [6, 6.07) is 16.7. The monoisotopic (exact) mass is 302 g/mol. The van der Waals surface area contributed by atoms with Gasteiger partial charge in [-0.25, -0.2) is 0 Å². The van der Waals surface area contributed by atoms with Gasteiger partial charge in [0.25, 0.3) is 0 Å². The molecule has 0 unspecified atom stereocenters. The van der Waals surface area contributed by atoms with Gasteiger partial charge in [0.1, 0.15) is 0 Å². The molecule has 0 spiro atoms. The van der Waals surface area contributed by atoms with Gasteiger partial charge in [-0.1, -0.05) is 54.9 Å². The van der Waals surface area contributed by atoms with Crippen molar-refractivity contribution in [3.63, 3.8) is 0 Å². The van der Waals surface area contributed by atoms with Crippen LogP contribution in [0.1, 0.15) is 23.6 Å². The zero-order valence-corrected chi connectivity index (χ0v) is 13.5. The lowest BCUT2D eigenvalue weighted by molar-refractivity contribution is 0.318. The lowest BCUT2D eigenvalue weighted by Crippen LogP contribution is -2.20. The van der Waals surface area contributed by atoms with Crippen LogP contribution in [-0.2, 0) is 19.6 Å². The fraction of sp³-hybridized carbons (Fsp3) is 0.333. The van der Waals surface area contributed by atoms with Gasteiger partial charge in [0.15, 0.2) is 0 Å². The highest BCUT2D eigenvalue weighted by Gasteiger charge is 2.06. The number of hydrogen-bond acceptors (Lipinski definition) is 2. The summed E-state index contributed by atoms with van der Waals surface area (Å²) in [5, 5.41) is 4.20. The van der Waals surface area contributed by atoms with E-state index in [1.54, 1.807) is 0 Å². The standard InChI is InChI=1S/C18H23ClN2/c1-3-20-12-16-8-4-5-9-17(16)14-21(2)13-15-7-6-10-18(19)11-15/h4-11,20H,3,12-14H2,1-2H3. The van der Waals surface area contributed by atoms with E-state index in [2.05, 4.69) is 54.5 Å². The third-order valence-electron chi connectivity index (χ3n) is 3.47. The second-order valence-corrected chi connectivity index (χ2v) is 5.79. The van der Waals surface area contributed by atoms with Gasteiger partial charge in [-0.2, -0.15) is 0 Å². The van der Waals surface area contributed by atoms with Crippen LogP contribution in [-0.4, -0.2) is 18.5 Å². The topological polar surface area (TPSA) is 15.3 Å². The Balaban J connectivity index is 2.00. The second-order valence-electron chi connectivity index (χ2n) is 5.35. The van der Waals surface area contributed by atoms with Crippen LogP contribution in [0, 0.1) is 0 Å². The molecule has 0 atom stereocenters. The summed E-state index contributed by atoms with van der Waals surface area (Å²) in [5.74, 6) is 0. The molecule has 0 fully saturated rings. The highest BCUT2D eigenvalue weighted by atomic mass is 35.5. The minimum atomic E-state index is 0.799. The lowest BCUT2D eigenvalue weighted by atomic mass is 10.1. The molecule has 21 heavy (non-hydrogen) atoms. The van der Waals surface area contributed by atoms with Crippen molar-refractivity contribution in [3.05, 3.63) is 70.2 Å². The van der Waals surface area contributed by atoms with E-state index in [1.165, 1.54) is 16.7 Å². The number of rotatable bonds is 7. The summed E-state index contributed by atoms with van der Waals surface area (Å²) in [4.78, 5) is 2.32. The van der Waals surface area contributed by atoms with Crippen molar-refractivity contribution in [1.29, 1.82) is 0 Å². The van der Waals surface area contributed by atoms with E-state index in [9.17, 15) is 0 Å². The Labute approximate surface area is 132 Å². The molecule has 0 aliphatic carbocycles. The molecule has 112 valence electrons. The van der Waals surface area contributed by atoms with Crippen LogP contribution >= 0.6 is 11.6 Å². The summed E-state index contributed by atoms with van der Waals surface area (Å²) < 4.78 is 0. The lowest BCUT2D eigenvalue weighted by Gasteiger charge is -2.19. The quantitative estimate of drug-likeness (QED) is 0.829. The van der Waals surface area contributed by atoms with Crippen LogP contribution in [0.5, 0.6) is 0 Å². The van der Waals surface area contributed by atoms with Crippen molar-refractivity contribution in [2.45, 2.75) is 26.6 Å². The molecule has 0 bridgehead atoms. The summed E-state index contributed by atoms with van der Waals surface area (Å²) in [7, 11) is 2.14. The Morgan fingerprint density at radius 2 is 1.76 bits per heavy atom. The minimum Gasteiger partial charge on any atom is -0.313 e. The van der Waals surface area contributed by atoms with Gasteiger partial charge in [-0.15, -0.1) is 0 Å². The maximum Gasteiger partial charge on any atom is 0.0409 e. The predicted molar refractivity (Wildman–Crippen MR) is 90.4 cm³/mol. The van der Waals surface area contributed by atoms with Crippen LogP contribution in [0.3, 0.4) is 0 Å². The van der Waals surface area contributed by atoms with E-state index < -0.39 is 0 Å². The Morgan fingerprint density at radius 1 is 1.00 bits per heavy atom. The van der Waals surface area contributed by atoms with E-state index in [1.807, 2.05) is 18.2 Å². The summed E-state index contributed by atoms with van der Waals surface area (Å²) >= 11 is 6.04. The van der Waals surface area contributed by atoms with Crippen LogP contribution in [0.4, 0.5) is 0 Å². The fourth-order valence-corrected chi connectivity index (χ4v) is 2.65. The molecule has 0 amide bonds. The molecular weight excluding hydrogens is 280 g/mol. The largest absolute Gasteiger partial charge is 0.313 e. The molecular formula is C18H23ClN2. The molecule has 0 saturated carbocycles. The minimum absolute atomic E-state index is 0.799. The third kappa shape index (κ3) is 5.16. The number of benzene rings is 2. The van der Waals surface area contributed by atoms with E-state index in [0.717, 1.165) is 31.2 Å². The molecule has 2 aromatic rings. The first-order valence-electron chi connectivity index (χ1n) is 7.39. The molecule has 0 heterocycles. The zero-order valence-electron chi connectivity index (χ0n) is 12.8. The Hall–Kier alpha value is -1.35. The van der Waals surface area contributed by atoms with Gasteiger partial charge < -0.3 is 5.32 Å². The molecule has 0 aromatic heterocycles. The highest BCUT2D eigenvalue weighted by molar-refractivity contribution is 6.30. The fourth-order valence-electron chi connectivity index (χ4n) is 2.44. The molecule has 3 heteroatoms. The summed E-state index contributed by atoms with van der Waals surface area (Å²) in [5.41, 5.74) is 3.99. The second kappa shape index (κ2) is 8.18. The highest BCUT2D eigenvalue weighted by Crippen LogP contribution is 2.15. The van der Waals surface area contributed by atoms with Crippen LogP contribution in [0.15, 0.2) is 48.5 Å². The molecule has 0 aliphatic heterocycles. The first-order chi connectivity index (χ1) is 10.2.